The molecule has 0 saturated carbocycles. The van der Waals surface area contributed by atoms with Gasteiger partial charge in [-0.25, -0.2) is 8.42 Å². The molecule has 1 aliphatic heterocycles. The molecule has 1 atom stereocenters. The third-order valence-corrected chi connectivity index (χ3v) is 6.53. The van der Waals surface area contributed by atoms with Crippen molar-refractivity contribution in [2.75, 3.05) is 6.54 Å². The highest BCUT2D eigenvalue weighted by molar-refractivity contribution is 9.10. The molecular formula is C14H15BrN2O3S. The molecule has 112 valence electrons. The van der Waals surface area contributed by atoms with Crippen LogP contribution in [-0.2, 0) is 10.0 Å². The predicted octanol–water partition coefficient (Wildman–Crippen LogP) is 3.27. The number of nitrogens with zero attached hydrogens (tertiary/aromatic N) is 2. The largest absolute Gasteiger partial charge is 0.361 e. The normalized spacial score (nSPS) is 20.0. The third-order valence-electron chi connectivity index (χ3n) is 3.61. The first-order valence-corrected chi connectivity index (χ1v) is 8.93. The van der Waals surface area contributed by atoms with E-state index in [1.165, 1.54) is 4.31 Å². The first-order valence-electron chi connectivity index (χ1n) is 6.70. The van der Waals surface area contributed by atoms with E-state index in [0.717, 1.165) is 12.8 Å². The van der Waals surface area contributed by atoms with Crippen LogP contribution in [0.5, 0.6) is 0 Å². The zero-order chi connectivity index (χ0) is 15.0. The smallest absolute Gasteiger partial charge is 0.244 e. The summed E-state index contributed by atoms with van der Waals surface area (Å²) >= 11 is 3.32. The Kier molecular flexibility index (Phi) is 3.90. The molecule has 1 saturated heterocycles. The van der Waals surface area contributed by atoms with Gasteiger partial charge in [-0.05, 0) is 47.8 Å². The molecule has 1 fully saturated rings. The van der Waals surface area contributed by atoms with Gasteiger partial charge in [0.1, 0.15) is 11.5 Å². The standard InChI is InChI=1S/C14H15BrN2O3S/c1-10-9-12(16-20-10)13-6-4-8-17(13)21(18,19)14-7-3-2-5-11(14)15/h2-3,5,7,9,13H,4,6,8H2,1H3. The van der Waals surface area contributed by atoms with E-state index in [-0.39, 0.29) is 10.9 Å². The Balaban J connectivity index is 2.00. The summed E-state index contributed by atoms with van der Waals surface area (Å²) in [6, 6.07) is 8.42. The van der Waals surface area contributed by atoms with Crippen LogP contribution < -0.4 is 0 Å². The van der Waals surface area contributed by atoms with Crippen LogP contribution in [0.25, 0.3) is 0 Å². The molecule has 0 bridgehead atoms. The lowest BCUT2D eigenvalue weighted by Crippen LogP contribution is -2.31. The average Bonchev–Trinajstić information content (AvgIpc) is 3.07. The van der Waals surface area contributed by atoms with E-state index in [1.807, 2.05) is 0 Å². The molecule has 0 N–H and O–H groups in total. The minimum Gasteiger partial charge on any atom is -0.361 e. The predicted molar refractivity (Wildman–Crippen MR) is 81.2 cm³/mol. The van der Waals surface area contributed by atoms with Crippen molar-refractivity contribution >= 4 is 26.0 Å². The summed E-state index contributed by atoms with van der Waals surface area (Å²) in [5, 5.41) is 3.98. The van der Waals surface area contributed by atoms with E-state index in [9.17, 15) is 8.42 Å². The summed E-state index contributed by atoms with van der Waals surface area (Å²) in [4.78, 5) is 0.289. The Hall–Kier alpha value is -1.18. The molecule has 1 aromatic carbocycles. The molecule has 0 aliphatic carbocycles. The molecular weight excluding hydrogens is 356 g/mol. The van der Waals surface area contributed by atoms with Crippen molar-refractivity contribution in [3.63, 3.8) is 0 Å². The lowest BCUT2D eigenvalue weighted by Gasteiger charge is -2.22. The molecule has 2 heterocycles. The van der Waals surface area contributed by atoms with Crippen LogP contribution in [0.15, 0.2) is 44.2 Å². The van der Waals surface area contributed by atoms with Gasteiger partial charge in [0, 0.05) is 17.1 Å². The number of benzene rings is 1. The van der Waals surface area contributed by atoms with Gasteiger partial charge in [-0.15, -0.1) is 0 Å². The van der Waals surface area contributed by atoms with E-state index in [2.05, 4.69) is 21.1 Å². The zero-order valence-corrected chi connectivity index (χ0v) is 13.9. The highest BCUT2D eigenvalue weighted by Crippen LogP contribution is 2.37. The van der Waals surface area contributed by atoms with E-state index in [1.54, 1.807) is 37.3 Å². The van der Waals surface area contributed by atoms with Gasteiger partial charge in [-0.2, -0.15) is 4.31 Å². The molecule has 3 rings (SSSR count). The molecule has 0 radical (unpaired) electrons. The number of hydrogen-bond acceptors (Lipinski definition) is 4. The van der Waals surface area contributed by atoms with Crippen LogP contribution >= 0.6 is 15.9 Å². The summed E-state index contributed by atoms with van der Waals surface area (Å²) in [6.45, 7) is 2.30. The van der Waals surface area contributed by atoms with Gasteiger partial charge in [0.15, 0.2) is 0 Å². The number of sulfonamides is 1. The summed E-state index contributed by atoms with van der Waals surface area (Å²) in [5.41, 5.74) is 0.681. The van der Waals surface area contributed by atoms with Gasteiger partial charge in [0.25, 0.3) is 0 Å². The minimum atomic E-state index is -3.55. The molecule has 0 amide bonds. The third kappa shape index (κ3) is 2.65. The van der Waals surface area contributed by atoms with Gasteiger partial charge >= 0.3 is 0 Å². The van der Waals surface area contributed by atoms with Crippen molar-refractivity contribution in [2.24, 2.45) is 0 Å². The molecule has 2 aromatic rings. The van der Waals surface area contributed by atoms with Gasteiger partial charge in [-0.3, -0.25) is 0 Å². The van der Waals surface area contributed by atoms with Crippen molar-refractivity contribution in [1.82, 2.24) is 9.46 Å². The SMILES string of the molecule is Cc1cc(C2CCCN2S(=O)(=O)c2ccccc2Br)no1. The Bertz CT molecular complexity index is 757. The fourth-order valence-corrected chi connectivity index (χ4v) is 5.28. The van der Waals surface area contributed by atoms with E-state index < -0.39 is 10.0 Å². The molecule has 1 aliphatic rings. The molecule has 0 spiro atoms. The second-order valence-corrected chi connectivity index (χ2v) is 7.78. The van der Waals surface area contributed by atoms with Gasteiger partial charge in [-0.1, -0.05) is 17.3 Å². The lowest BCUT2D eigenvalue weighted by atomic mass is 10.1. The van der Waals surface area contributed by atoms with Crippen LogP contribution in [0.3, 0.4) is 0 Å². The molecule has 21 heavy (non-hydrogen) atoms. The number of rotatable bonds is 3. The Labute approximate surface area is 132 Å². The van der Waals surface area contributed by atoms with E-state index in [4.69, 9.17) is 4.52 Å². The second-order valence-electron chi connectivity index (χ2n) is 5.07. The highest BCUT2D eigenvalue weighted by atomic mass is 79.9. The first kappa shape index (κ1) is 14.7. The minimum absolute atomic E-state index is 0.250. The fraction of sp³-hybridized carbons (Fsp3) is 0.357. The maximum atomic E-state index is 12.9. The molecule has 7 heteroatoms. The number of halogens is 1. The number of aryl methyl sites for hydroxylation is 1. The van der Waals surface area contributed by atoms with Gasteiger partial charge in [0.2, 0.25) is 10.0 Å². The van der Waals surface area contributed by atoms with Crippen molar-refractivity contribution in [2.45, 2.75) is 30.7 Å². The highest BCUT2D eigenvalue weighted by Gasteiger charge is 2.38. The summed E-state index contributed by atoms with van der Waals surface area (Å²) in [5.74, 6) is 0.690. The van der Waals surface area contributed by atoms with Gasteiger partial charge in [0.05, 0.1) is 10.9 Å². The number of hydrogen-bond donors (Lipinski definition) is 0. The van der Waals surface area contributed by atoms with Gasteiger partial charge < -0.3 is 4.52 Å². The maximum Gasteiger partial charge on any atom is 0.244 e. The monoisotopic (exact) mass is 370 g/mol. The van der Waals surface area contributed by atoms with Crippen molar-refractivity contribution in [3.05, 3.63) is 46.3 Å². The van der Waals surface area contributed by atoms with Crippen molar-refractivity contribution in [1.29, 1.82) is 0 Å². The topological polar surface area (TPSA) is 63.4 Å². The van der Waals surface area contributed by atoms with Crippen LogP contribution in [0.1, 0.15) is 30.3 Å². The second kappa shape index (κ2) is 5.55. The summed E-state index contributed by atoms with van der Waals surface area (Å²) in [6.07, 6.45) is 1.58. The van der Waals surface area contributed by atoms with Crippen LogP contribution in [0.2, 0.25) is 0 Å². The summed E-state index contributed by atoms with van der Waals surface area (Å²) < 4.78 is 32.9. The quantitative estimate of drug-likeness (QED) is 0.831. The molecule has 1 aromatic heterocycles. The Morgan fingerprint density at radius 2 is 2.14 bits per heavy atom. The zero-order valence-electron chi connectivity index (χ0n) is 11.5. The lowest BCUT2D eigenvalue weighted by molar-refractivity contribution is 0.349. The van der Waals surface area contributed by atoms with Crippen molar-refractivity contribution in [3.8, 4) is 0 Å². The van der Waals surface area contributed by atoms with Crippen LogP contribution in [-0.4, -0.2) is 24.4 Å². The average molecular weight is 371 g/mol. The summed E-state index contributed by atoms with van der Waals surface area (Å²) in [7, 11) is -3.55. The maximum absolute atomic E-state index is 12.9. The molecule has 5 nitrogen and oxygen atoms in total. The first-order chi connectivity index (χ1) is 10.00. The molecule has 1 unspecified atom stereocenters. The number of aromatic nitrogens is 1. The van der Waals surface area contributed by atoms with Crippen LogP contribution in [0.4, 0.5) is 0 Å². The van der Waals surface area contributed by atoms with Crippen molar-refractivity contribution < 1.29 is 12.9 Å². The Morgan fingerprint density at radius 3 is 2.81 bits per heavy atom. The fourth-order valence-electron chi connectivity index (χ4n) is 2.65. The Morgan fingerprint density at radius 1 is 1.38 bits per heavy atom. The van der Waals surface area contributed by atoms with Crippen LogP contribution in [0, 0.1) is 6.92 Å². The van der Waals surface area contributed by atoms with E-state index >= 15 is 0 Å². The van der Waals surface area contributed by atoms with E-state index in [0.29, 0.717) is 22.5 Å².